The molecule has 1 fully saturated rings. The third-order valence-electron chi connectivity index (χ3n) is 4.76. The minimum Gasteiger partial charge on any atom is -0.254 e. The van der Waals surface area contributed by atoms with Crippen LogP contribution in [-0.2, 0) is 0 Å². The maximum absolute atomic E-state index is 4.41. The predicted octanol–water partition coefficient (Wildman–Crippen LogP) is 3.97. The third kappa shape index (κ3) is 2.99. The lowest BCUT2D eigenvalue weighted by Gasteiger charge is -2.37. The Balaban J connectivity index is 1.87. The van der Waals surface area contributed by atoms with Crippen molar-refractivity contribution in [2.75, 3.05) is 0 Å². The summed E-state index contributed by atoms with van der Waals surface area (Å²) < 4.78 is 2.09. The maximum Gasteiger partial charge on any atom is 0.131 e. The molecule has 1 saturated carbocycles. The molecule has 3 rings (SSSR count). The summed E-state index contributed by atoms with van der Waals surface area (Å²) in [5, 5.41) is 8.74. The Hall–Kier alpha value is -1.71. The van der Waals surface area contributed by atoms with Crippen LogP contribution in [-0.4, -0.2) is 20.0 Å². The van der Waals surface area contributed by atoms with E-state index in [1.807, 2.05) is 18.2 Å². The van der Waals surface area contributed by atoms with Crippen molar-refractivity contribution in [3.8, 4) is 11.4 Å². The molecule has 2 aromatic heterocycles. The fraction of sp³-hybridized carbons (Fsp3) is 0.588. The molecule has 21 heavy (non-hydrogen) atoms. The highest BCUT2D eigenvalue weighted by atomic mass is 15.4. The van der Waals surface area contributed by atoms with Gasteiger partial charge in [-0.15, -0.1) is 5.10 Å². The molecule has 2 heterocycles. The van der Waals surface area contributed by atoms with Crippen LogP contribution >= 0.6 is 0 Å². The highest BCUT2D eigenvalue weighted by molar-refractivity contribution is 5.51. The van der Waals surface area contributed by atoms with E-state index in [4.69, 9.17) is 0 Å². The van der Waals surface area contributed by atoms with Crippen LogP contribution in [0.1, 0.15) is 46.1 Å². The van der Waals surface area contributed by atoms with Crippen LogP contribution in [0.15, 0.2) is 30.6 Å². The molecule has 0 bridgehead atoms. The summed E-state index contributed by atoms with van der Waals surface area (Å²) in [6.45, 7) is 6.99. The van der Waals surface area contributed by atoms with Gasteiger partial charge in [-0.1, -0.05) is 38.5 Å². The number of hydrogen-bond donors (Lipinski definition) is 0. The number of rotatable bonds is 3. The van der Waals surface area contributed by atoms with Crippen molar-refractivity contribution in [3.05, 3.63) is 30.6 Å². The molecule has 0 aromatic carbocycles. The molecule has 112 valence electrons. The van der Waals surface area contributed by atoms with E-state index in [2.05, 4.69) is 46.9 Å². The SMILES string of the molecule is CC(C)[C@@H]1CC[C@@H](C)C[C@H]1n1cc(-c2ccccn2)nn1. The molecule has 4 nitrogen and oxygen atoms in total. The Kier molecular flexibility index (Phi) is 4.04. The highest BCUT2D eigenvalue weighted by Gasteiger charge is 2.32. The molecule has 2 aromatic rings. The molecule has 0 aliphatic heterocycles. The zero-order valence-corrected chi connectivity index (χ0v) is 13.1. The van der Waals surface area contributed by atoms with Crippen molar-refractivity contribution in [3.63, 3.8) is 0 Å². The molecule has 0 radical (unpaired) electrons. The van der Waals surface area contributed by atoms with Crippen molar-refractivity contribution in [2.45, 2.75) is 46.1 Å². The first kappa shape index (κ1) is 14.2. The summed E-state index contributed by atoms with van der Waals surface area (Å²) in [7, 11) is 0. The molecule has 0 N–H and O–H groups in total. The van der Waals surface area contributed by atoms with E-state index in [0.717, 1.165) is 17.3 Å². The van der Waals surface area contributed by atoms with Crippen molar-refractivity contribution in [2.24, 2.45) is 17.8 Å². The van der Waals surface area contributed by atoms with Gasteiger partial charge in [0.1, 0.15) is 5.69 Å². The van der Waals surface area contributed by atoms with Crippen LogP contribution in [0.5, 0.6) is 0 Å². The van der Waals surface area contributed by atoms with E-state index in [0.29, 0.717) is 17.9 Å². The summed E-state index contributed by atoms with van der Waals surface area (Å²) in [6, 6.07) is 6.36. The summed E-state index contributed by atoms with van der Waals surface area (Å²) >= 11 is 0. The Labute approximate surface area is 126 Å². The molecule has 1 aliphatic carbocycles. The van der Waals surface area contributed by atoms with Crippen molar-refractivity contribution in [1.29, 1.82) is 0 Å². The second-order valence-corrected chi connectivity index (χ2v) is 6.69. The van der Waals surface area contributed by atoms with E-state index in [-0.39, 0.29) is 0 Å². The smallest absolute Gasteiger partial charge is 0.131 e. The second kappa shape index (κ2) is 5.96. The van der Waals surface area contributed by atoms with Gasteiger partial charge in [0.2, 0.25) is 0 Å². The molecule has 4 heteroatoms. The van der Waals surface area contributed by atoms with Gasteiger partial charge in [-0.25, -0.2) is 4.68 Å². The fourth-order valence-corrected chi connectivity index (χ4v) is 3.53. The fourth-order valence-electron chi connectivity index (χ4n) is 3.53. The van der Waals surface area contributed by atoms with E-state index < -0.39 is 0 Å². The van der Waals surface area contributed by atoms with Gasteiger partial charge in [-0.05, 0) is 42.7 Å². The quantitative estimate of drug-likeness (QED) is 0.856. The minimum absolute atomic E-state index is 0.471. The van der Waals surface area contributed by atoms with Crippen LogP contribution in [0.4, 0.5) is 0 Å². The van der Waals surface area contributed by atoms with E-state index in [1.165, 1.54) is 19.3 Å². The molecule has 3 atom stereocenters. The molecule has 0 unspecified atom stereocenters. The Morgan fingerprint density at radius 3 is 2.76 bits per heavy atom. The van der Waals surface area contributed by atoms with Gasteiger partial charge in [0.05, 0.1) is 17.9 Å². The molecular weight excluding hydrogens is 260 g/mol. The molecular formula is C17H24N4. The lowest BCUT2D eigenvalue weighted by Crippen LogP contribution is -2.30. The standard InChI is InChI=1S/C17H24N4/c1-12(2)14-8-7-13(3)10-17(14)21-11-16(19-20-21)15-6-4-5-9-18-15/h4-6,9,11-14,17H,7-8,10H2,1-3H3/t13-,14+,17-/m1/s1. The van der Waals surface area contributed by atoms with Gasteiger partial charge in [0, 0.05) is 6.20 Å². The third-order valence-corrected chi connectivity index (χ3v) is 4.76. The van der Waals surface area contributed by atoms with E-state index in [9.17, 15) is 0 Å². The van der Waals surface area contributed by atoms with Gasteiger partial charge in [-0.3, -0.25) is 4.98 Å². The zero-order valence-electron chi connectivity index (χ0n) is 13.1. The number of pyridine rings is 1. The lowest BCUT2D eigenvalue weighted by molar-refractivity contribution is 0.137. The van der Waals surface area contributed by atoms with Gasteiger partial charge < -0.3 is 0 Å². The topological polar surface area (TPSA) is 43.6 Å². The van der Waals surface area contributed by atoms with Gasteiger partial charge in [0.25, 0.3) is 0 Å². The number of aromatic nitrogens is 4. The van der Waals surface area contributed by atoms with Crippen LogP contribution in [0.3, 0.4) is 0 Å². The Morgan fingerprint density at radius 2 is 2.05 bits per heavy atom. The first-order valence-corrected chi connectivity index (χ1v) is 7.98. The normalized spacial score (nSPS) is 26.2. The first-order valence-electron chi connectivity index (χ1n) is 7.98. The van der Waals surface area contributed by atoms with Crippen molar-refractivity contribution in [1.82, 2.24) is 20.0 Å². The maximum atomic E-state index is 4.41. The van der Waals surface area contributed by atoms with Gasteiger partial charge >= 0.3 is 0 Å². The van der Waals surface area contributed by atoms with E-state index in [1.54, 1.807) is 6.20 Å². The van der Waals surface area contributed by atoms with E-state index >= 15 is 0 Å². The van der Waals surface area contributed by atoms with Crippen molar-refractivity contribution < 1.29 is 0 Å². The molecule has 1 aliphatic rings. The number of nitrogens with zero attached hydrogens (tertiary/aromatic N) is 4. The van der Waals surface area contributed by atoms with Gasteiger partial charge in [0.15, 0.2) is 0 Å². The Bertz CT molecular complexity index is 575. The Morgan fingerprint density at radius 1 is 1.19 bits per heavy atom. The summed E-state index contributed by atoms with van der Waals surface area (Å²) in [5.74, 6) is 2.15. The lowest BCUT2D eigenvalue weighted by atomic mass is 9.74. The summed E-state index contributed by atoms with van der Waals surface area (Å²) in [6.07, 6.45) is 7.70. The largest absolute Gasteiger partial charge is 0.254 e. The predicted molar refractivity (Wildman–Crippen MR) is 83.6 cm³/mol. The zero-order chi connectivity index (χ0) is 14.8. The molecule has 0 amide bonds. The first-order chi connectivity index (χ1) is 10.1. The average Bonchev–Trinajstić information content (AvgIpc) is 2.97. The number of hydrogen-bond acceptors (Lipinski definition) is 3. The van der Waals surface area contributed by atoms with Crippen LogP contribution in [0.25, 0.3) is 11.4 Å². The summed E-state index contributed by atoms with van der Waals surface area (Å²) in [5.41, 5.74) is 1.77. The molecule has 0 spiro atoms. The van der Waals surface area contributed by atoms with Crippen molar-refractivity contribution >= 4 is 0 Å². The van der Waals surface area contributed by atoms with Crippen LogP contribution in [0, 0.1) is 17.8 Å². The monoisotopic (exact) mass is 284 g/mol. The van der Waals surface area contributed by atoms with Crippen LogP contribution in [0.2, 0.25) is 0 Å². The van der Waals surface area contributed by atoms with Crippen LogP contribution < -0.4 is 0 Å². The second-order valence-electron chi connectivity index (χ2n) is 6.69. The molecule has 0 saturated heterocycles. The van der Waals surface area contributed by atoms with Gasteiger partial charge in [-0.2, -0.15) is 0 Å². The highest BCUT2D eigenvalue weighted by Crippen LogP contribution is 2.40. The average molecular weight is 284 g/mol. The minimum atomic E-state index is 0.471. The summed E-state index contributed by atoms with van der Waals surface area (Å²) in [4.78, 5) is 4.36.